The van der Waals surface area contributed by atoms with E-state index >= 15 is 0 Å². The zero-order valence-electron chi connectivity index (χ0n) is 29.6. The summed E-state index contributed by atoms with van der Waals surface area (Å²) in [6.45, 7) is 7.89. The van der Waals surface area contributed by atoms with Crippen LogP contribution in [0.15, 0.2) is 84.9 Å². The van der Waals surface area contributed by atoms with Gasteiger partial charge in [0.1, 0.15) is 12.4 Å². The molecule has 0 heterocycles. The molecule has 6 N–H and O–H groups in total. The number of ether oxygens (including phenoxy) is 1. The van der Waals surface area contributed by atoms with Crippen LogP contribution < -0.4 is 15.4 Å². The number of nitrogens with one attached hydrogen (secondary N) is 2. The van der Waals surface area contributed by atoms with Crippen LogP contribution in [0, 0.1) is 20.8 Å². The van der Waals surface area contributed by atoms with Crippen LogP contribution in [0.5, 0.6) is 5.75 Å². The van der Waals surface area contributed by atoms with Crippen LogP contribution >= 0.6 is 11.6 Å². The third kappa shape index (κ3) is 9.97. The van der Waals surface area contributed by atoms with Gasteiger partial charge in [-0.2, -0.15) is 0 Å². The Kier molecular flexibility index (Phi) is 13.0. The lowest BCUT2D eigenvalue weighted by Crippen LogP contribution is -2.28. The first-order valence-corrected chi connectivity index (χ1v) is 17.6. The highest BCUT2D eigenvalue weighted by Crippen LogP contribution is 2.36. The first-order valence-electron chi connectivity index (χ1n) is 17.2. The Morgan fingerprint density at radius 3 is 1.98 bits per heavy atom. The molecule has 0 amide bonds. The summed E-state index contributed by atoms with van der Waals surface area (Å²) in [6, 6.07) is 29.0. The second-order valence-electron chi connectivity index (χ2n) is 13.2. The fourth-order valence-electron chi connectivity index (χ4n) is 6.40. The normalized spacial score (nSPS) is 12.5. The van der Waals surface area contributed by atoms with Gasteiger partial charge in [-0.1, -0.05) is 72.3 Å². The Morgan fingerprint density at radius 2 is 1.29 bits per heavy atom. The van der Waals surface area contributed by atoms with Crippen LogP contribution in [-0.4, -0.2) is 57.7 Å². The number of aliphatic hydroxyl groups excluding tert-OH is 2. The van der Waals surface area contributed by atoms with Crippen molar-refractivity contribution in [1.82, 2.24) is 10.6 Å². The second-order valence-corrected chi connectivity index (χ2v) is 13.6. The number of benzene rings is 5. The smallest absolute Gasteiger partial charge is 0.306 e. The van der Waals surface area contributed by atoms with Gasteiger partial charge in [-0.15, -0.1) is 0 Å². The van der Waals surface area contributed by atoms with Crippen LogP contribution in [0.4, 0.5) is 0 Å². The Labute approximate surface area is 308 Å². The van der Waals surface area contributed by atoms with Gasteiger partial charge in [0.05, 0.1) is 30.1 Å². The lowest BCUT2D eigenvalue weighted by Gasteiger charge is -2.18. The molecule has 0 aliphatic rings. The third-order valence-corrected chi connectivity index (χ3v) is 9.58. The van der Waals surface area contributed by atoms with Crippen LogP contribution in [0.2, 0.25) is 5.02 Å². The minimum atomic E-state index is -1.04. The number of carbonyl (C=O) groups is 2. The van der Waals surface area contributed by atoms with Gasteiger partial charge in [-0.05, 0) is 111 Å². The number of carboxylic acid groups (broad SMARTS) is 2. The monoisotopic (exact) mass is 724 g/mol. The van der Waals surface area contributed by atoms with Gasteiger partial charge in [0.15, 0.2) is 0 Å². The predicted molar refractivity (Wildman–Crippen MR) is 205 cm³/mol. The molecular weight excluding hydrogens is 680 g/mol. The number of carboxylic acids is 2. The molecule has 0 fully saturated rings. The van der Waals surface area contributed by atoms with Gasteiger partial charge in [0.25, 0.3) is 0 Å². The molecule has 0 saturated heterocycles. The van der Waals surface area contributed by atoms with E-state index in [9.17, 15) is 19.8 Å². The quantitative estimate of drug-likeness (QED) is 0.0587. The van der Waals surface area contributed by atoms with Crippen molar-refractivity contribution in [3.63, 3.8) is 0 Å². The molecule has 0 aliphatic carbocycles. The summed E-state index contributed by atoms with van der Waals surface area (Å²) >= 11 is 6.62. The van der Waals surface area contributed by atoms with Crippen LogP contribution in [-0.2, 0) is 29.3 Å². The van der Waals surface area contributed by atoms with E-state index in [0.717, 1.165) is 60.8 Å². The van der Waals surface area contributed by atoms with E-state index in [1.165, 1.54) is 5.56 Å². The Balaban J connectivity index is 1.28. The maximum Gasteiger partial charge on any atom is 0.306 e. The van der Waals surface area contributed by atoms with E-state index < -0.39 is 24.1 Å². The highest BCUT2D eigenvalue weighted by atomic mass is 35.5. The molecule has 5 aromatic rings. The topological polar surface area (TPSA) is 148 Å². The Hall–Kier alpha value is -4.77. The van der Waals surface area contributed by atoms with Crippen molar-refractivity contribution in [3.8, 4) is 28.0 Å². The number of aryl methyl sites for hydroxylation is 1. The third-order valence-electron chi connectivity index (χ3n) is 9.28. The fraction of sp³-hybridized carbons (Fsp3) is 0.286. The predicted octanol–water partition coefficient (Wildman–Crippen LogP) is 7.18. The largest absolute Gasteiger partial charge is 0.487 e. The van der Waals surface area contributed by atoms with Gasteiger partial charge >= 0.3 is 11.9 Å². The summed E-state index contributed by atoms with van der Waals surface area (Å²) in [5.74, 6) is -1.49. The summed E-state index contributed by atoms with van der Waals surface area (Å²) in [5, 5.41) is 46.2. The zero-order valence-corrected chi connectivity index (χ0v) is 30.3. The van der Waals surface area contributed by atoms with E-state index in [4.69, 9.17) is 26.6 Å². The summed E-state index contributed by atoms with van der Waals surface area (Å²) in [5.41, 5.74) is 10.8. The maximum absolute atomic E-state index is 10.8. The number of aliphatic carboxylic acids is 2. The van der Waals surface area contributed by atoms with Crippen molar-refractivity contribution in [2.75, 3.05) is 13.1 Å². The van der Waals surface area contributed by atoms with E-state index in [1.807, 2.05) is 31.2 Å². The highest BCUT2D eigenvalue weighted by Gasteiger charge is 2.15. The molecule has 9 nitrogen and oxygen atoms in total. The molecule has 5 rings (SSSR count). The molecule has 10 heteroatoms. The summed E-state index contributed by atoms with van der Waals surface area (Å²) < 4.78 is 6.24. The molecule has 0 aliphatic heterocycles. The minimum Gasteiger partial charge on any atom is -0.487 e. The molecule has 5 aromatic carbocycles. The molecule has 0 saturated carbocycles. The first kappa shape index (κ1) is 38.5. The zero-order chi connectivity index (χ0) is 37.4. The molecule has 272 valence electrons. The summed E-state index contributed by atoms with van der Waals surface area (Å²) in [6.07, 6.45) is -2.49. The molecule has 0 aromatic heterocycles. The van der Waals surface area contributed by atoms with Crippen LogP contribution in [0.1, 0.15) is 46.2 Å². The fourth-order valence-corrected chi connectivity index (χ4v) is 6.64. The minimum absolute atomic E-state index is 0.162. The molecule has 0 radical (unpaired) electrons. The molecule has 52 heavy (non-hydrogen) atoms. The standard InChI is InChI=1S/C42H45ClN2O7/c1-25-14-40(39(43)17-33(25)21-45-23-35(47)19-42(50)51)52-24-32-6-4-8-37(26(32)2)38-9-5-7-36(27(38)3)31-13-12-29-15-28(10-11-30(29)16-31)20-44-22-34(46)18-41(48)49/h4-17,34-35,44-47H,18-24H2,1-3H3,(H,48,49)(H,50,51)/t34-,35-/m0/s1. The number of aliphatic hydroxyl groups is 2. The van der Waals surface area contributed by atoms with Crippen LogP contribution in [0.25, 0.3) is 33.0 Å². The molecule has 0 unspecified atom stereocenters. The van der Waals surface area contributed by atoms with Gasteiger partial charge < -0.3 is 35.8 Å². The van der Waals surface area contributed by atoms with Crippen molar-refractivity contribution >= 4 is 34.3 Å². The van der Waals surface area contributed by atoms with Gasteiger partial charge in [-0.25, -0.2) is 0 Å². The molecular formula is C42H45ClN2O7. The van der Waals surface area contributed by atoms with Crippen molar-refractivity contribution in [2.45, 2.75) is 65.5 Å². The van der Waals surface area contributed by atoms with E-state index in [1.54, 1.807) is 0 Å². The highest BCUT2D eigenvalue weighted by molar-refractivity contribution is 6.32. The first-order chi connectivity index (χ1) is 24.9. The van der Waals surface area contributed by atoms with E-state index in [2.05, 4.69) is 85.1 Å². The van der Waals surface area contributed by atoms with Crippen molar-refractivity contribution in [2.24, 2.45) is 0 Å². The number of fused-ring (bicyclic) bond motifs is 1. The Bertz CT molecular complexity index is 2060. The molecule has 0 bridgehead atoms. The average Bonchev–Trinajstić information content (AvgIpc) is 3.09. The maximum atomic E-state index is 10.8. The lowest BCUT2D eigenvalue weighted by atomic mass is 9.89. The number of rotatable bonds is 17. The lowest BCUT2D eigenvalue weighted by molar-refractivity contribution is -0.140. The number of hydrogen-bond acceptors (Lipinski definition) is 7. The van der Waals surface area contributed by atoms with Gasteiger partial charge in [-0.3, -0.25) is 9.59 Å². The van der Waals surface area contributed by atoms with Crippen molar-refractivity contribution in [3.05, 3.63) is 123 Å². The van der Waals surface area contributed by atoms with Crippen LogP contribution in [0.3, 0.4) is 0 Å². The number of halogens is 1. The Morgan fingerprint density at radius 1 is 0.692 bits per heavy atom. The van der Waals surface area contributed by atoms with Crippen molar-refractivity contribution in [1.29, 1.82) is 0 Å². The second kappa shape index (κ2) is 17.6. The SMILES string of the molecule is Cc1cc(OCc2cccc(-c3cccc(-c4ccc5cc(CNC[C@@H](O)CC(=O)O)ccc5c4)c3C)c2C)c(Cl)cc1CNC[C@@H](O)CC(=O)O. The van der Waals surface area contributed by atoms with Gasteiger partial charge in [0.2, 0.25) is 0 Å². The average molecular weight is 725 g/mol. The van der Waals surface area contributed by atoms with E-state index in [-0.39, 0.29) is 25.9 Å². The van der Waals surface area contributed by atoms with Gasteiger partial charge in [0, 0.05) is 26.2 Å². The molecule has 2 atom stereocenters. The summed E-state index contributed by atoms with van der Waals surface area (Å²) in [4.78, 5) is 21.6. The van der Waals surface area contributed by atoms with E-state index in [0.29, 0.717) is 30.5 Å². The van der Waals surface area contributed by atoms with Crippen molar-refractivity contribution < 1.29 is 34.8 Å². The summed E-state index contributed by atoms with van der Waals surface area (Å²) in [7, 11) is 0. The number of hydrogen-bond donors (Lipinski definition) is 6. The molecule has 0 spiro atoms.